The second-order valence-electron chi connectivity index (χ2n) is 4.60. The number of hydrogen-bond donors (Lipinski definition) is 2. The summed E-state index contributed by atoms with van der Waals surface area (Å²) in [6, 6.07) is 1.83. The molecule has 1 aromatic heterocycles. The van der Waals surface area contributed by atoms with Crippen molar-refractivity contribution in [3.05, 3.63) is 22.3 Å². The maximum Gasteiger partial charge on any atom is 0.339 e. The van der Waals surface area contributed by atoms with E-state index in [-0.39, 0.29) is 11.6 Å². The van der Waals surface area contributed by atoms with Crippen LogP contribution in [0.2, 0.25) is 0 Å². The Kier molecular flexibility index (Phi) is 4.19. The molecule has 0 amide bonds. The molecular formula is C12H16BrN3O2. The van der Waals surface area contributed by atoms with Gasteiger partial charge in [0.15, 0.2) is 0 Å². The predicted molar refractivity (Wildman–Crippen MR) is 73.0 cm³/mol. The van der Waals surface area contributed by atoms with Crippen LogP contribution in [0.4, 0.5) is 5.82 Å². The van der Waals surface area contributed by atoms with Crippen LogP contribution in [0.5, 0.6) is 0 Å². The van der Waals surface area contributed by atoms with Gasteiger partial charge in [-0.25, -0.2) is 9.78 Å². The fourth-order valence-corrected chi connectivity index (χ4v) is 2.53. The molecule has 1 unspecified atom stereocenters. The van der Waals surface area contributed by atoms with Crippen molar-refractivity contribution in [3.63, 3.8) is 0 Å². The van der Waals surface area contributed by atoms with Gasteiger partial charge in [0.05, 0.1) is 0 Å². The van der Waals surface area contributed by atoms with Gasteiger partial charge in [0.2, 0.25) is 0 Å². The first-order valence-corrected chi connectivity index (χ1v) is 6.69. The Labute approximate surface area is 114 Å². The SMILES string of the molecule is CN1CCCC(Nc2ncc(Br)cc2C(=O)O)C1. The van der Waals surface area contributed by atoms with Crippen LogP contribution in [0.3, 0.4) is 0 Å². The third kappa shape index (κ3) is 3.20. The van der Waals surface area contributed by atoms with Crippen molar-refractivity contribution in [1.82, 2.24) is 9.88 Å². The van der Waals surface area contributed by atoms with Crippen molar-refractivity contribution < 1.29 is 9.90 Å². The molecule has 1 saturated heterocycles. The number of nitrogens with one attached hydrogen (secondary N) is 1. The highest BCUT2D eigenvalue weighted by atomic mass is 79.9. The molecule has 1 atom stereocenters. The van der Waals surface area contributed by atoms with Crippen LogP contribution >= 0.6 is 15.9 Å². The van der Waals surface area contributed by atoms with E-state index in [0.717, 1.165) is 25.9 Å². The van der Waals surface area contributed by atoms with Gasteiger partial charge in [-0.2, -0.15) is 0 Å². The number of aromatic nitrogens is 1. The van der Waals surface area contributed by atoms with Gasteiger partial charge in [-0.3, -0.25) is 0 Å². The number of likely N-dealkylation sites (tertiary alicyclic amines) is 1. The average molecular weight is 314 g/mol. The Morgan fingerprint density at radius 1 is 1.67 bits per heavy atom. The molecular weight excluding hydrogens is 298 g/mol. The molecule has 1 aliphatic heterocycles. The molecule has 6 heteroatoms. The fourth-order valence-electron chi connectivity index (χ4n) is 2.19. The Bertz CT molecular complexity index is 453. The van der Waals surface area contributed by atoms with Gasteiger partial charge in [0.25, 0.3) is 0 Å². The molecule has 2 heterocycles. The summed E-state index contributed by atoms with van der Waals surface area (Å²) in [5, 5.41) is 12.4. The van der Waals surface area contributed by atoms with Crippen molar-refractivity contribution in [2.45, 2.75) is 18.9 Å². The van der Waals surface area contributed by atoms with Crippen LogP contribution in [0.25, 0.3) is 0 Å². The molecule has 1 aliphatic rings. The molecule has 2 rings (SSSR count). The lowest BCUT2D eigenvalue weighted by molar-refractivity contribution is 0.0697. The summed E-state index contributed by atoms with van der Waals surface area (Å²) in [5.74, 6) is -0.513. The lowest BCUT2D eigenvalue weighted by Crippen LogP contribution is -2.40. The Hall–Kier alpha value is -1.14. The molecule has 0 saturated carbocycles. The van der Waals surface area contributed by atoms with Gasteiger partial charge in [-0.15, -0.1) is 0 Å². The lowest BCUT2D eigenvalue weighted by atomic mass is 10.1. The molecule has 2 N–H and O–H groups in total. The second kappa shape index (κ2) is 5.67. The average Bonchev–Trinajstić information content (AvgIpc) is 2.31. The van der Waals surface area contributed by atoms with Crippen LogP contribution < -0.4 is 5.32 Å². The Morgan fingerprint density at radius 2 is 2.44 bits per heavy atom. The molecule has 0 aliphatic carbocycles. The van der Waals surface area contributed by atoms with Crippen molar-refractivity contribution in [1.29, 1.82) is 0 Å². The number of likely N-dealkylation sites (N-methyl/N-ethyl adjacent to an activating group) is 1. The third-order valence-electron chi connectivity index (χ3n) is 3.05. The zero-order valence-corrected chi connectivity index (χ0v) is 11.8. The van der Waals surface area contributed by atoms with E-state index in [1.165, 1.54) is 0 Å². The van der Waals surface area contributed by atoms with Crippen LogP contribution in [0, 0.1) is 0 Å². The number of rotatable bonds is 3. The summed E-state index contributed by atoms with van der Waals surface area (Å²) < 4.78 is 0.672. The highest BCUT2D eigenvalue weighted by Crippen LogP contribution is 2.20. The van der Waals surface area contributed by atoms with Crippen molar-refractivity contribution in [2.24, 2.45) is 0 Å². The zero-order chi connectivity index (χ0) is 13.1. The zero-order valence-electron chi connectivity index (χ0n) is 10.2. The first-order chi connectivity index (χ1) is 8.56. The standard InChI is InChI=1S/C12H16BrN3O2/c1-16-4-2-3-9(7-16)15-11-10(12(17)18)5-8(13)6-14-11/h5-6,9H,2-4,7H2,1H3,(H,14,15)(H,17,18). The minimum Gasteiger partial charge on any atom is -0.478 e. The third-order valence-corrected chi connectivity index (χ3v) is 3.48. The maximum atomic E-state index is 11.2. The quantitative estimate of drug-likeness (QED) is 0.894. The molecule has 0 aromatic carbocycles. The van der Waals surface area contributed by atoms with Crippen LogP contribution in [-0.4, -0.2) is 47.1 Å². The number of carboxylic acid groups (broad SMARTS) is 1. The van der Waals surface area contributed by atoms with E-state index in [4.69, 9.17) is 5.11 Å². The normalized spacial score (nSPS) is 20.7. The smallest absolute Gasteiger partial charge is 0.339 e. The number of halogens is 1. The molecule has 1 fully saturated rings. The molecule has 0 radical (unpaired) electrons. The van der Waals surface area contributed by atoms with E-state index in [9.17, 15) is 4.79 Å². The highest BCUT2D eigenvalue weighted by molar-refractivity contribution is 9.10. The minimum absolute atomic E-state index is 0.206. The van der Waals surface area contributed by atoms with E-state index >= 15 is 0 Å². The summed E-state index contributed by atoms with van der Waals surface area (Å²) in [6.45, 7) is 2.01. The largest absolute Gasteiger partial charge is 0.478 e. The number of carbonyl (C=O) groups is 1. The monoisotopic (exact) mass is 313 g/mol. The molecule has 18 heavy (non-hydrogen) atoms. The van der Waals surface area contributed by atoms with Gasteiger partial charge >= 0.3 is 5.97 Å². The number of anilines is 1. The van der Waals surface area contributed by atoms with Crippen LogP contribution in [-0.2, 0) is 0 Å². The summed E-state index contributed by atoms with van der Waals surface area (Å²) in [7, 11) is 2.07. The fraction of sp³-hybridized carbons (Fsp3) is 0.500. The summed E-state index contributed by atoms with van der Waals surface area (Å²) in [6.07, 6.45) is 3.77. The lowest BCUT2D eigenvalue weighted by Gasteiger charge is -2.30. The van der Waals surface area contributed by atoms with E-state index in [2.05, 4.69) is 38.2 Å². The second-order valence-corrected chi connectivity index (χ2v) is 5.52. The first-order valence-electron chi connectivity index (χ1n) is 5.90. The minimum atomic E-state index is -0.963. The number of aromatic carboxylic acids is 1. The molecule has 5 nitrogen and oxygen atoms in total. The Morgan fingerprint density at radius 3 is 3.11 bits per heavy atom. The highest BCUT2D eigenvalue weighted by Gasteiger charge is 2.20. The number of hydrogen-bond acceptors (Lipinski definition) is 4. The van der Waals surface area contributed by atoms with Crippen molar-refractivity contribution >= 4 is 27.7 Å². The van der Waals surface area contributed by atoms with Gasteiger partial charge in [-0.1, -0.05) is 0 Å². The molecule has 98 valence electrons. The molecule has 1 aromatic rings. The van der Waals surface area contributed by atoms with E-state index in [1.54, 1.807) is 12.3 Å². The van der Waals surface area contributed by atoms with Crippen LogP contribution in [0.1, 0.15) is 23.2 Å². The summed E-state index contributed by atoms with van der Waals surface area (Å²) in [4.78, 5) is 17.6. The van der Waals surface area contributed by atoms with E-state index in [0.29, 0.717) is 10.3 Å². The summed E-state index contributed by atoms with van der Waals surface area (Å²) in [5.41, 5.74) is 0.206. The number of carboxylic acids is 1. The number of nitrogens with zero attached hydrogens (tertiary/aromatic N) is 2. The first kappa shape index (κ1) is 13.3. The van der Waals surface area contributed by atoms with Gasteiger partial charge in [-0.05, 0) is 48.4 Å². The van der Waals surface area contributed by atoms with Gasteiger partial charge in [0.1, 0.15) is 11.4 Å². The number of pyridine rings is 1. The maximum absolute atomic E-state index is 11.2. The number of piperidine rings is 1. The van der Waals surface area contributed by atoms with Gasteiger partial charge < -0.3 is 15.3 Å². The van der Waals surface area contributed by atoms with Crippen molar-refractivity contribution in [3.8, 4) is 0 Å². The predicted octanol–water partition coefficient (Wildman–Crippen LogP) is 2.05. The Balaban J connectivity index is 2.15. The van der Waals surface area contributed by atoms with Gasteiger partial charge in [0, 0.05) is 23.3 Å². The molecule has 0 spiro atoms. The molecule has 0 bridgehead atoms. The van der Waals surface area contributed by atoms with Crippen LogP contribution in [0.15, 0.2) is 16.7 Å². The summed E-state index contributed by atoms with van der Waals surface area (Å²) >= 11 is 3.24. The van der Waals surface area contributed by atoms with E-state index < -0.39 is 5.97 Å². The van der Waals surface area contributed by atoms with E-state index in [1.807, 2.05) is 0 Å². The topological polar surface area (TPSA) is 65.5 Å². The van der Waals surface area contributed by atoms with Crippen molar-refractivity contribution in [2.75, 3.05) is 25.5 Å².